The van der Waals surface area contributed by atoms with E-state index in [9.17, 15) is 18.1 Å². The van der Waals surface area contributed by atoms with E-state index in [1.165, 1.54) is 36.4 Å². The van der Waals surface area contributed by atoms with Crippen LogP contribution in [-0.2, 0) is 9.63 Å². The predicted molar refractivity (Wildman–Crippen MR) is 73.6 cm³/mol. The lowest BCUT2D eigenvalue weighted by molar-refractivity contribution is 0.104. The molecule has 0 spiro atoms. The molecule has 2 rings (SSSR count). The van der Waals surface area contributed by atoms with Gasteiger partial charge in [0.25, 0.3) is 5.12 Å². The minimum absolute atomic E-state index is 0.00542. The Morgan fingerprint density at radius 2 is 1.63 bits per heavy atom. The summed E-state index contributed by atoms with van der Waals surface area (Å²) < 4.78 is 32.4. The van der Waals surface area contributed by atoms with Crippen LogP contribution in [0.5, 0.6) is 0 Å². The molecule has 0 fully saturated rings. The van der Waals surface area contributed by atoms with Gasteiger partial charge in [-0.1, -0.05) is 42.0 Å². The van der Waals surface area contributed by atoms with Crippen molar-refractivity contribution in [3.05, 3.63) is 65.7 Å². The van der Waals surface area contributed by atoms with Gasteiger partial charge in [-0.25, -0.2) is 4.21 Å². The Balaban J connectivity index is 2.56. The van der Waals surface area contributed by atoms with Gasteiger partial charge >= 0.3 is 0 Å². The molecule has 0 aliphatic rings. The molecule has 2 aromatic rings. The number of rotatable bonds is 2. The zero-order chi connectivity index (χ0) is 14.1. The molecule has 0 bridgehead atoms. The van der Waals surface area contributed by atoms with Crippen LogP contribution in [0.2, 0.25) is 0 Å². The number of hydrogen-bond donors (Lipinski definition) is 2. The van der Waals surface area contributed by atoms with E-state index in [4.69, 9.17) is 0 Å². The van der Waals surface area contributed by atoms with E-state index in [-0.39, 0.29) is 10.5 Å². The van der Waals surface area contributed by atoms with Crippen molar-refractivity contribution < 1.29 is 18.1 Å². The highest BCUT2D eigenvalue weighted by atomic mass is 32.3. The molecule has 0 heterocycles. The van der Waals surface area contributed by atoms with Gasteiger partial charge in [-0.3, -0.25) is 13.9 Å². The average molecular weight is 278 g/mol. The van der Waals surface area contributed by atoms with Crippen LogP contribution in [0.1, 0.15) is 15.9 Å². The molecule has 0 amide bonds. The molecule has 2 aromatic carbocycles. The molecule has 100 valence electrons. The molecule has 0 aliphatic carbocycles. The van der Waals surface area contributed by atoms with Gasteiger partial charge in [-0.15, -0.1) is 0 Å². The topological polar surface area (TPSA) is 74.6 Å². The van der Waals surface area contributed by atoms with E-state index in [2.05, 4.69) is 0 Å². The van der Waals surface area contributed by atoms with E-state index in [1.54, 1.807) is 25.1 Å². The first-order chi connectivity index (χ1) is 8.80. The van der Waals surface area contributed by atoms with Crippen molar-refractivity contribution in [1.29, 1.82) is 0 Å². The summed E-state index contributed by atoms with van der Waals surface area (Å²) in [4.78, 5) is 11.9. The molecule has 0 unspecified atom stereocenters. The van der Waals surface area contributed by atoms with E-state index in [0.29, 0.717) is 0 Å². The van der Waals surface area contributed by atoms with Crippen molar-refractivity contribution in [3.63, 3.8) is 0 Å². The molecule has 0 saturated heterocycles. The second-order valence-electron chi connectivity index (χ2n) is 4.33. The highest BCUT2D eigenvalue weighted by Gasteiger charge is 2.42. The Kier molecular flexibility index (Phi) is 3.14. The van der Waals surface area contributed by atoms with Gasteiger partial charge in [-0.2, -0.15) is 0 Å². The Hall–Kier alpha value is -1.82. The number of carbonyl (C=O) groups excluding carboxylic acids is 1. The van der Waals surface area contributed by atoms with Gasteiger partial charge in [-0.05, 0) is 25.1 Å². The molecule has 19 heavy (non-hydrogen) atoms. The largest absolute Gasteiger partial charge is 0.298 e. The Labute approximate surface area is 111 Å². The minimum Gasteiger partial charge on any atom is -0.298 e. The van der Waals surface area contributed by atoms with Crippen molar-refractivity contribution >= 4 is 14.7 Å². The molecular formula is C14H14O4S. The summed E-state index contributed by atoms with van der Waals surface area (Å²) in [6.07, 6.45) is 0. The van der Waals surface area contributed by atoms with E-state index >= 15 is 0 Å². The standard InChI is InChI=1S/C14H14O4S/c1-11-6-5-7-12(10-11)14(15)19(16,17,18)13-8-3-2-4-9-13/h2-10H,1H3,(H2,16,17,18). The highest BCUT2D eigenvalue weighted by Crippen LogP contribution is 2.32. The summed E-state index contributed by atoms with van der Waals surface area (Å²) in [5, 5.41) is -1.19. The zero-order valence-electron chi connectivity index (χ0n) is 10.3. The lowest BCUT2D eigenvalue weighted by atomic mass is 10.2. The Bertz CT molecular complexity index is 686. The summed E-state index contributed by atoms with van der Waals surface area (Å²) in [6.45, 7) is 1.76. The van der Waals surface area contributed by atoms with E-state index < -0.39 is 14.7 Å². The van der Waals surface area contributed by atoms with Crippen LogP contribution in [0, 0.1) is 6.92 Å². The first-order valence-corrected chi connectivity index (χ1v) is 7.51. The summed E-state index contributed by atoms with van der Waals surface area (Å²) in [7, 11) is -5.54. The van der Waals surface area contributed by atoms with Crippen LogP contribution >= 0.6 is 0 Å². The Morgan fingerprint density at radius 3 is 2.21 bits per heavy atom. The molecule has 0 saturated carbocycles. The molecule has 2 N–H and O–H groups in total. The van der Waals surface area contributed by atoms with Gasteiger partial charge in [0.2, 0.25) is 0 Å². The van der Waals surface area contributed by atoms with Crippen LogP contribution in [0.15, 0.2) is 59.5 Å². The van der Waals surface area contributed by atoms with Crippen molar-refractivity contribution in [2.75, 3.05) is 0 Å². The van der Waals surface area contributed by atoms with Crippen LogP contribution < -0.4 is 0 Å². The quantitative estimate of drug-likeness (QED) is 0.885. The average Bonchev–Trinajstić information content (AvgIpc) is 2.38. The Morgan fingerprint density at radius 1 is 1.00 bits per heavy atom. The van der Waals surface area contributed by atoms with Crippen LogP contribution in [0.3, 0.4) is 0 Å². The maximum atomic E-state index is 12.4. The van der Waals surface area contributed by atoms with Crippen LogP contribution in [0.4, 0.5) is 0 Å². The molecular weight excluding hydrogens is 264 g/mol. The normalized spacial score (nSPS) is 13.5. The van der Waals surface area contributed by atoms with Crippen molar-refractivity contribution in [1.82, 2.24) is 0 Å². The fourth-order valence-electron chi connectivity index (χ4n) is 1.76. The molecule has 0 aromatic heterocycles. The lowest BCUT2D eigenvalue weighted by Crippen LogP contribution is -2.40. The predicted octanol–water partition coefficient (Wildman–Crippen LogP) is 2.96. The maximum Gasteiger partial charge on any atom is 0.277 e. The highest BCUT2D eigenvalue weighted by molar-refractivity contribution is 8.23. The van der Waals surface area contributed by atoms with Crippen molar-refractivity contribution in [2.24, 2.45) is 0 Å². The van der Waals surface area contributed by atoms with Gasteiger partial charge < -0.3 is 0 Å². The summed E-state index contributed by atoms with van der Waals surface area (Å²) in [6, 6.07) is 13.3. The van der Waals surface area contributed by atoms with Crippen molar-refractivity contribution in [3.8, 4) is 0 Å². The molecule has 0 aliphatic heterocycles. The third-order valence-electron chi connectivity index (χ3n) is 2.76. The molecule has 0 radical (unpaired) electrons. The number of carbonyl (C=O) groups is 1. The van der Waals surface area contributed by atoms with Crippen molar-refractivity contribution in [2.45, 2.75) is 11.8 Å². The SMILES string of the molecule is Cc1cccc(C(=O)S(=O)(O)(O)c2ccccc2)c1. The molecule has 4 nitrogen and oxygen atoms in total. The summed E-state index contributed by atoms with van der Waals surface area (Å²) >= 11 is 0. The van der Waals surface area contributed by atoms with Gasteiger partial charge in [0, 0.05) is 5.56 Å². The zero-order valence-corrected chi connectivity index (χ0v) is 11.1. The van der Waals surface area contributed by atoms with E-state index in [0.717, 1.165) is 5.56 Å². The first-order valence-electron chi connectivity index (χ1n) is 5.63. The smallest absolute Gasteiger partial charge is 0.277 e. The van der Waals surface area contributed by atoms with Gasteiger partial charge in [0.15, 0.2) is 9.63 Å². The van der Waals surface area contributed by atoms with Gasteiger partial charge in [0.1, 0.15) is 0 Å². The monoisotopic (exact) mass is 278 g/mol. The third kappa shape index (κ3) is 2.49. The van der Waals surface area contributed by atoms with Gasteiger partial charge in [0.05, 0.1) is 4.90 Å². The lowest BCUT2D eigenvalue weighted by Gasteiger charge is -2.28. The maximum absolute atomic E-state index is 12.4. The first kappa shape index (κ1) is 13.6. The number of benzene rings is 2. The third-order valence-corrected chi connectivity index (χ3v) is 4.78. The minimum atomic E-state index is -5.54. The number of aryl methyl sites for hydroxylation is 1. The molecule has 0 atom stereocenters. The van der Waals surface area contributed by atoms with Crippen LogP contribution in [-0.4, -0.2) is 18.4 Å². The summed E-state index contributed by atoms with van der Waals surface area (Å²) in [5.41, 5.74) is 0.771. The summed E-state index contributed by atoms with van der Waals surface area (Å²) in [5.74, 6) is 0. The fourth-order valence-corrected chi connectivity index (χ4v) is 3.17. The molecule has 5 heteroatoms. The second kappa shape index (κ2) is 4.38. The fraction of sp³-hybridized carbons (Fsp3) is 0.0714. The van der Waals surface area contributed by atoms with E-state index in [1.807, 2.05) is 0 Å². The second-order valence-corrected chi connectivity index (χ2v) is 6.91. The number of hydrogen-bond acceptors (Lipinski definition) is 2. The van der Waals surface area contributed by atoms with Crippen LogP contribution in [0.25, 0.3) is 0 Å².